The first kappa shape index (κ1) is 63.3. The summed E-state index contributed by atoms with van der Waals surface area (Å²) >= 11 is 0. The highest BCUT2D eigenvalue weighted by atomic mass is 16.7. The number of ether oxygens (including phenoxy) is 4. The first-order chi connectivity index (χ1) is 33.6. The van der Waals surface area contributed by atoms with Crippen molar-refractivity contribution in [3.8, 4) is 0 Å². The molecule has 2 aliphatic rings. The normalized spacial score (nSPS) is 26.4. The van der Waals surface area contributed by atoms with Crippen molar-refractivity contribution in [2.45, 2.75) is 286 Å². The van der Waals surface area contributed by atoms with E-state index in [0.29, 0.717) is 12.8 Å². The van der Waals surface area contributed by atoms with E-state index in [2.05, 4.69) is 43.5 Å². The second kappa shape index (κ2) is 41.7. The van der Waals surface area contributed by atoms with Crippen molar-refractivity contribution in [3.05, 3.63) is 36.5 Å². The van der Waals surface area contributed by atoms with E-state index in [4.69, 9.17) is 18.9 Å². The van der Waals surface area contributed by atoms with Gasteiger partial charge in [0.05, 0.1) is 32.0 Å². The predicted molar refractivity (Wildman–Crippen MR) is 272 cm³/mol. The molecule has 404 valence electrons. The molecule has 0 saturated carbocycles. The van der Waals surface area contributed by atoms with Crippen LogP contribution >= 0.6 is 0 Å². The van der Waals surface area contributed by atoms with Crippen molar-refractivity contribution < 1.29 is 64.6 Å². The van der Waals surface area contributed by atoms with Crippen LogP contribution < -0.4 is 5.32 Å². The SMILES string of the molecule is CCCCCCCCC/C=C\CCCCCCCCCC(=O)NC(COC1OC(CO)C(OC2OC(CO)C(O)C(O)C2O)C(O)C1O)C(O)/C=C/CC/C=C/CCCCCCCCCCCCC. The quantitative estimate of drug-likeness (QED) is 0.0207. The third-order valence-corrected chi connectivity index (χ3v) is 13.5. The standard InChI is InChI=1S/C55H101NO13/c1-3-5-7-9-11-13-15-17-19-21-23-25-27-29-31-33-35-37-39-47(60)56-43(44(59)38-36-34-32-30-28-26-24-22-20-18-16-14-12-10-8-6-4-2)42-66-54-52(65)50(63)53(46(41-58)68-54)69-55-51(64)49(62)48(61)45(40-57)67-55/h19,21,28,30,36,38,43-46,48-55,57-59,61-65H,3-18,20,22-27,29,31-35,37,39-42H2,1-2H3,(H,56,60)/b21-19-,30-28+,38-36+. The molecule has 12 unspecified atom stereocenters. The molecule has 0 aliphatic carbocycles. The lowest BCUT2D eigenvalue weighted by Crippen LogP contribution is -2.65. The van der Waals surface area contributed by atoms with Crippen molar-refractivity contribution in [2.75, 3.05) is 19.8 Å². The maximum atomic E-state index is 13.2. The summed E-state index contributed by atoms with van der Waals surface area (Å²) in [5, 5.41) is 86.9. The van der Waals surface area contributed by atoms with Crippen LogP contribution in [0.4, 0.5) is 0 Å². The number of hydrogen-bond acceptors (Lipinski definition) is 13. The molecular formula is C55H101NO13. The molecule has 2 rings (SSSR count). The maximum absolute atomic E-state index is 13.2. The first-order valence-corrected chi connectivity index (χ1v) is 27.7. The first-order valence-electron chi connectivity index (χ1n) is 27.7. The molecule has 0 radical (unpaired) electrons. The lowest BCUT2D eigenvalue weighted by Gasteiger charge is -2.46. The second-order valence-corrected chi connectivity index (χ2v) is 19.7. The van der Waals surface area contributed by atoms with Gasteiger partial charge in [-0.2, -0.15) is 0 Å². The van der Waals surface area contributed by atoms with Gasteiger partial charge in [0, 0.05) is 6.42 Å². The Kier molecular flexibility index (Phi) is 38.2. The molecule has 14 heteroatoms. The Morgan fingerprint density at radius 3 is 1.42 bits per heavy atom. The number of rotatable bonds is 43. The summed E-state index contributed by atoms with van der Waals surface area (Å²) in [7, 11) is 0. The number of aliphatic hydroxyl groups is 8. The molecule has 0 aromatic heterocycles. The highest BCUT2D eigenvalue weighted by Gasteiger charge is 2.51. The molecule has 2 fully saturated rings. The summed E-state index contributed by atoms with van der Waals surface area (Å²) in [6.07, 6.45) is 31.8. The van der Waals surface area contributed by atoms with E-state index in [1.165, 1.54) is 141 Å². The van der Waals surface area contributed by atoms with E-state index >= 15 is 0 Å². The Hall–Kier alpha value is -1.79. The van der Waals surface area contributed by atoms with Gasteiger partial charge < -0.3 is 65.1 Å². The summed E-state index contributed by atoms with van der Waals surface area (Å²) in [5.41, 5.74) is 0. The molecule has 0 aromatic rings. The van der Waals surface area contributed by atoms with Gasteiger partial charge in [-0.1, -0.05) is 185 Å². The van der Waals surface area contributed by atoms with E-state index in [1.54, 1.807) is 6.08 Å². The van der Waals surface area contributed by atoms with Crippen LogP contribution in [0.1, 0.15) is 213 Å². The molecule has 2 aliphatic heterocycles. The van der Waals surface area contributed by atoms with Crippen molar-refractivity contribution in [1.82, 2.24) is 5.32 Å². The average molecular weight is 984 g/mol. The van der Waals surface area contributed by atoms with Crippen LogP contribution in [-0.4, -0.2) is 140 Å². The van der Waals surface area contributed by atoms with Crippen LogP contribution in [0.25, 0.3) is 0 Å². The lowest BCUT2D eigenvalue weighted by atomic mass is 9.97. The van der Waals surface area contributed by atoms with Gasteiger partial charge in [-0.25, -0.2) is 0 Å². The van der Waals surface area contributed by atoms with Crippen molar-refractivity contribution in [2.24, 2.45) is 0 Å². The summed E-state index contributed by atoms with van der Waals surface area (Å²) in [4.78, 5) is 13.2. The zero-order valence-electron chi connectivity index (χ0n) is 43.1. The summed E-state index contributed by atoms with van der Waals surface area (Å²) in [6, 6.07) is -0.932. The van der Waals surface area contributed by atoms with E-state index in [-0.39, 0.29) is 18.9 Å². The average Bonchev–Trinajstić information content (AvgIpc) is 3.35. The van der Waals surface area contributed by atoms with Gasteiger partial charge in [-0.05, 0) is 57.8 Å². The van der Waals surface area contributed by atoms with Gasteiger partial charge in [0.25, 0.3) is 0 Å². The Morgan fingerprint density at radius 1 is 0.507 bits per heavy atom. The van der Waals surface area contributed by atoms with Gasteiger partial charge >= 0.3 is 0 Å². The summed E-state index contributed by atoms with van der Waals surface area (Å²) in [6.45, 7) is 2.77. The number of hydrogen-bond donors (Lipinski definition) is 9. The molecule has 0 aromatic carbocycles. The van der Waals surface area contributed by atoms with Crippen LogP contribution in [0.3, 0.4) is 0 Å². The van der Waals surface area contributed by atoms with Gasteiger partial charge in [0.1, 0.15) is 48.8 Å². The van der Waals surface area contributed by atoms with E-state index < -0.39 is 86.8 Å². The van der Waals surface area contributed by atoms with Crippen molar-refractivity contribution in [3.63, 3.8) is 0 Å². The van der Waals surface area contributed by atoms with E-state index in [1.807, 2.05) is 6.08 Å². The van der Waals surface area contributed by atoms with Gasteiger partial charge in [-0.3, -0.25) is 4.79 Å². The third kappa shape index (κ3) is 28.3. The molecular weight excluding hydrogens is 883 g/mol. The topological polar surface area (TPSA) is 228 Å². The van der Waals surface area contributed by atoms with Crippen molar-refractivity contribution in [1.29, 1.82) is 0 Å². The Labute approximate surface area is 417 Å². The van der Waals surface area contributed by atoms with Gasteiger partial charge in [-0.15, -0.1) is 0 Å². The minimum absolute atomic E-state index is 0.254. The Balaban J connectivity index is 1.83. The molecule has 9 N–H and O–H groups in total. The van der Waals surface area contributed by atoms with Crippen LogP contribution in [0.5, 0.6) is 0 Å². The summed E-state index contributed by atoms with van der Waals surface area (Å²) < 4.78 is 22.7. The minimum Gasteiger partial charge on any atom is -0.394 e. The Bertz CT molecular complexity index is 1300. The zero-order chi connectivity index (χ0) is 50.3. The third-order valence-electron chi connectivity index (χ3n) is 13.5. The second-order valence-electron chi connectivity index (χ2n) is 19.7. The van der Waals surface area contributed by atoms with Crippen LogP contribution in [0.2, 0.25) is 0 Å². The fourth-order valence-electron chi connectivity index (χ4n) is 9.01. The highest BCUT2D eigenvalue weighted by molar-refractivity contribution is 5.76. The van der Waals surface area contributed by atoms with E-state index in [9.17, 15) is 45.6 Å². The number of allylic oxidation sites excluding steroid dienone is 5. The maximum Gasteiger partial charge on any atom is 0.220 e. The number of aliphatic hydroxyl groups excluding tert-OH is 8. The fourth-order valence-corrected chi connectivity index (χ4v) is 9.01. The lowest BCUT2D eigenvalue weighted by molar-refractivity contribution is -0.359. The monoisotopic (exact) mass is 984 g/mol. The predicted octanol–water partition coefficient (Wildman–Crippen LogP) is 8.27. The molecule has 1 amide bonds. The van der Waals surface area contributed by atoms with Gasteiger partial charge in [0.2, 0.25) is 5.91 Å². The highest BCUT2D eigenvalue weighted by Crippen LogP contribution is 2.30. The number of nitrogens with one attached hydrogen (secondary N) is 1. The van der Waals surface area contributed by atoms with Crippen LogP contribution in [0, 0.1) is 0 Å². The van der Waals surface area contributed by atoms with Crippen LogP contribution in [0.15, 0.2) is 36.5 Å². The zero-order valence-corrected chi connectivity index (χ0v) is 43.1. The largest absolute Gasteiger partial charge is 0.394 e. The molecule has 2 heterocycles. The number of carbonyl (C=O) groups excluding carboxylic acids is 1. The minimum atomic E-state index is -1.79. The van der Waals surface area contributed by atoms with E-state index in [0.717, 1.165) is 38.5 Å². The molecule has 14 nitrogen and oxygen atoms in total. The smallest absolute Gasteiger partial charge is 0.220 e. The summed E-state index contributed by atoms with van der Waals surface area (Å²) in [5.74, 6) is -0.254. The van der Waals surface area contributed by atoms with Crippen LogP contribution in [-0.2, 0) is 23.7 Å². The fraction of sp³-hybridized carbons (Fsp3) is 0.873. The van der Waals surface area contributed by atoms with Gasteiger partial charge in [0.15, 0.2) is 12.6 Å². The molecule has 0 bridgehead atoms. The number of unbranched alkanes of at least 4 members (excludes halogenated alkanes) is 26. The number of carbonyl (C=O) groups is 1. The molecule has 2 saturated heterocycles. The molecule has 12 atom stereocenters. The number of amides is 1. The molecule has 69 heavy (non-hydrogen) atoms. The Morgan fingerprint density at radius 2 is 0.928 bits per heavy atom. The molecule has 0 spiro atoms. The van der Waals surface area contributed by atoms with Crippen molar-refractivity contribution >= 4 is 5.91 Å².